The van der Waals surface area contributed by atoms with E-state index in [0.29, 0.717) is 25.9 Å². The lowest BCUT2D eigenvalue weighted by Gasteiger charge is -2.27. The van der Waals surface area contributed by atoms with Crippen LogP contribution in [-0.2, 0) is 20.9 Å². The van der Waals surface area contributed by atoms with E-state index < -0.39 is 10.1 Å². The van der Waals surface area contributed by atoms with Gasteiger partial charge in [-0.1, -0.05) is 111 Å². The van der Waals surface area contributed by atoms with Gasteiger partial charge in [0.1, 0.15) is 0 Å². The molecule has 7 heteroatoms. The summed E-state index contributed by atoms with van der Waals surface area (Å²) in [5.74, 6) is -0.340. The largest absolute Gasteiger partial charge is 0.748 e. The first-order valence-electron chi connectivity index (χ1n) is 17.3. The average molecular weight is 674 g/mol. The number of hydrogen-bond acceptors (Lipinski definition) is 5. The van der Waals surface area contributed by atoms with Crippen molar-refractivity contribution in [2.45, 2.75) is 57.8 Å². The number of benzene rings is 4. The van der Waals surface area contributed by atoms with E-state index in [1.165, 1.54) is 38.7 Å². The molecule has 0 radical (unpaired) electrons. The van der Waals surface area contributed by atoms with E-state index in [4.69, 9.17) is 5.73 Å². The zero-order valence-electron chi connectivity index (χ0n) is 29.0. The maximum Gasteiger partial charge on any atom is 0.217 e. The molecule has 0 atom stereocenters. The second kappa shape index (κ2) is 13.9. The van der Waals surface area contributed by atoms with Crippen LogP contribution in [0.3, 0.4) is 0 Å². The predicted molar refractivity (Wildman–Crippen MR) is 204 cm³/mol. The van der Waals surface area contributed by atoms with Gasteiger partial charge in [-0.2, -0.15) is 4.58 Å². The topological polar surface area (TPSA) is 89.5 Å². The third-order valence-electron chi connectivity index (χ3n) is 10.1. The molecular weight excluding hydrogens is 627 g/mol. The number of hydrogen-bond donors (Lipinski definition) is 1. The van der Waals surface area contributed by atoms with Crippen LogP contribution < -0.4 is 10.6 Å². The van der Waals surface area contributed by atoms with Crippen LogP contribution in [0.1, 0.15) is 58.1 Å². The van der Waals surface area contributed by atoms with Crippen molar-refractivity contribution in [1.29, 1.82) is 0 Å². The average Bonchev–Trinajstić information content (AvgIpc) is 3.43. The summed E-state index contributed by atoms with van der Waals surface area (Å²) < 4.78 is 36.3. The van der Waals surface area contributed by atoms with Crippen LogP contribution in [0, 0.1) is 0 Å². The van der Waals surface area contributed by atoms with Crippen molar-refractivity contribution in [1.82, 2.24) is 0 Å². The van der Waals surface area contributed by atoms with Crippen LogP contribution in [0.2, 0.25) is 0 Å². The molecule has 254 valence electrons. The van der Waals surface area contributed by atoms with E-state index in [2.05, 4.69) is 146 Å². The maximum absolute atomic E-state index is 11.3. The molecule has 6 nitrogen and oxygen atoms in total. The van der Waals surface area contributed by atoms with E-state index in [9.17, 15) is 13.0 Å². The van der Waals surface area contributed by atoms with Gasteiger partial charge in [0.05, 0.1) is 26.6 Å². The summed E-state index contributed by atoms with van der Waals surface area (Å²) in [5, 5.41) is 4.85. The molecule has 0 saturated carbocycles. The Kier molecular flexibility index (Phi) is 9.81. The molecule has 4 aromatic carbocycles. The van der Waals surface area contributed by atoms with E-state index in [1.807, 2.05) is 6.07 Å². The van der Waals surface area contributed by atoms with Crippen molar-refractivity contribution in [2.75, 3.05) is 30.3 Å². The summed E-state index contributed by atoms with van der Waals surface area (Å²) in [5.41, 5.74) is 13.0. The highest BCUT2D eigenvalue weighted by Gasteiger charge is 2.45. The smallest absolute Gasteiger partial charge is 0.217 e. The summed E-state index contributed by atoms with van der Waals surface area (Å²) in [6.45, 7) is 11.2. The normalized spacial score (nSPS) is 17.9. The van der Waals surface area contributed by atoms with E-state index in [0.717, 1.165) is 29.7 Å². The minimum Gasteiger partial charge on any atom is -0.748 e. The lowest BCUT2D eigenvalue weighted by Crippen LogP contribution is -2.28. The highest BCUT2D eigenvalue weighted by Crippen LogP contribution is 2.51. The van der Waals surface area contributed by atoms with Gasteiger partial charge < -0.3 is 15.2 Å². The van der Waals surface area contributed by atoms with Crippen molar-refractivity contribution < 1.29 is 17.5 Å². The molecule has 2 aliphatic heterocycles. The van der Waals surface area contributed by atoms with E-state index in [-0.39, 0.29) is 16.6 Å². The number of nitrogens with zero attached hydrogens (tertiary/aromatic N) is 2. The fourth-order valence-corrected chi connectivity index (χ4v) is 8.19. The molecule has 0 aliphatic carbocycles. The maximum atomic E-state index is 11.3. The van der Waals surface area contributed by atoms with Crippen molar-refractivity contribution in [2.24, 2.45) is 5.73 Å². The highest BCUT2D eigenvalue weighted by molar-refractivity contribution is 7.85. The Labute approximate surface area is 291 Å². The fraction of sp³-hybridized carbons (Fsp3) is 0.310. The number of fused-ring (bicyclic) bond motifs is 6. The minimum atomic E-state index is -4.24. The molecule has 0 bridgehead atoms. The monoisotopic (exact) mass is 673 g/mol. The summed E-state index contributed by atoms with van der Waals surface area (Å²) in [4.78, 5) is 2.32. The first-order chi connectivity index (χ1) is 23.4. The van der Waals surface area contributed by atoms with Crippen molar-refractivity contribution in [3.05, 3.63) is 132 Å². The van der Waals surface area contributed by atoms with Crippen LogP contribution in [0.15, 0.2) is 121 Å². The van der Waals surface area contributed by atoms with Gasteiger partial charge in [0.15, 0.2) is 12.3 Å². The third-order valence-corrected chi connectivity index (χ3v) is 10.9. The van der Waals surface area contributed by atoms with Crippen LogP contribution in [0.5, 0.6) is 0 Å². The van der Waals surface area contributed by atoms with Crippen LogP contribution in [0.4, 0.5) is 11.4 Å². The lowest BCUT2D eigenvalue weighted by atomic mass is 9.80. The van der Waals surface area contributed by atoms with Gasteiger partial charge in [0, 0.05) is 46.9 Å². The molecule has 4 aromatic rings. The summed E-state index contributed by atoms with van der Waals surface area (Å²) >= 11 is 0. The Morgan fingerprint density at radius 3 is 2.10 bits per heavy atom. The molecule has 49 heavy (non-hydrogen) atoms. The number of rotatable bonds is 12. The lowest BCUT2D eigenvalue weighted by molar-refractivity contribution is -0.436. The quantitative estimate of drug-likeness (QED) is 0.0706. The summed E-state index contributed by atoms with van der Waals surface area (Å²) in [6.07, 6.45) is 16.6. The van der Waals surface area contributed by atoms with Gasteiger partial charge in [-0.15, -0.1) is 0 Å². The van der Waals surface area contributed by atoms with Gasteiger partial charge >= 0.3 is 0 Å². The fourth-order valence-electron chi connectivity index (χ4n) is 7.64. The van der Waals surface area contributed by atoms with Crippen molar-refractivity contribution in [3.8, 4) is 0 Å². The van der Waals surface area contributed by atoms with Crippen molar-refractivity contribution in [3.63, 3.8) is 0 Å². The van der Waals surface area contributed by atoms with Crippen molar-refractivity contribution >= 4 is 48.7 Å². The van der Waals surface area contributed by atoms with Gasteiger partial charge in [0.25, 0.3) is 0 Å². The van der Waals surface area contributed by atoms with Gasteiger partial charge in [0.2, 0.25) is 5.69 Å². The summed E-state index contributed by atoms with van der Waals surface area (Å²) in [6, 6.07) is 25.9. The number of nitrogens with two attached hydrogens (primary N) is 1. The van der Waals surface area contributed by atoms with Crippen LogP contribution in [0.25, 0.3) is 21.5 Å². The van der Waals surface area contributed by atoms with Crippen LogP contribution >= 0.6 is 0 Å². The first kappa shape index (κ1) is 34.6. The predicted octanol–water partition coefficient (Wildman–Crippen LogP) is 8.39. The Bertz CT molecular complexity index is 2150. The van der Waals surface area contributed by atoms with Gasteiger partial charge in [-0.05, 0) is 61.7 Å². The molecule has 0 spiro atoms. The van der Waals surface area contributed by atoms with Gasteiger partial charge in [-0.25, -0.2) is 8.42 Å². The Balaban J connectivity index is 1.26. The van der Waals surface area contributed by atoms with E-state index in [1.54, 1.807) is 0 Å². The zero-order valence-corrected chi connectivity index (χ0v) is 29.8. The number of unbranched alkanes of at least 4 members (excludes halogenated alkanes) is 1. The summed E-state index contributed by atoms with van der Waals surface area (Å²) in [7, 11) is -4.24. The minimum absolute atomic E-state index is 0.146. The third kappa shape index (κ3) is 6.80. The number of anilines is 1. The molecule has 0 unspecified atom stereocenters. The molecule has 6 rings (SSSR count). The van der Waals surface area contributed by atoms with Gasteiger partial charge in [-0.3, -0.25) is 0 Å². The molecule has 2 heterocycles. The molecule has 0 saturated heterocycles. The first-order valence-corrected chi connectivity index (χ1v) is 18.9. The Hall–Kier alpha value is -4.30. The second-order valence-corrected chi connectivity index (χ2v) is 15.6. The van der Waals surface area contributed by atoms with Crippen LogP contribution in [-0.4, -0.2) is 48.6 Å². The molecular formula is C42H47N3O3S. The molecule has 0 aromatic heterocycles. The standard InChI is InChI=1S/C42H47N3O3S/c1-41(2)35-25-23-31-17-10-12-19-33(31)39(35)44(28-14-15-30-49(46,47)48)37(41)21-8-6-5-7-9-22-38-42(3,4)36-26-24-32-18-11-13-20-34(32)40(36)45(38)29-16-27-43/h5-13,17-26H,14-16,27-30,43H2,1-4H3. The number of allylic oxidation sites excluding steroid dienone is 8. The second-order valence-electron chi connectivity index (χ2n) is 14.1. The molecule has 2 aliphatic rings. The SMILES string of the molecule is CC1(C)C(/C=C/C=C/C=C/C=C2/N(CCCCS(=O)(=O)[O-])c3c(ccc4ccccc34)C2(C)C)=[N+](CCCN)c2c1ccc1ccccc21. The zero-order chi connectivity index (χ0) is 34.8. The van der Waals surface area contributed by atoms with E-state index >= 15 is 0 Å². The Morgan fingerprint density at radius 1 is 0.755 bits per heavy atom. The molecule has 2 N–H and O–H groups in total. The molecule has 0 fully saturated rings. The highest BCUT2D eigenvalue weighted by atomic mass is 32.2. The Morgan fingerprint density at radius 2 is 1.39 bits per heavy atom. The molecule has 0 amide bonds.